The van der Waals surface area contributed by atoms with Crippen LogP contribution < -0.4 is 0 Å². The molecule has 0 unspecified atom stereocenters. The molecule has 1 aliphatic rings. The Labute approximate surface area is 93.9 Å². The zero-order valence-electron chi connectivity index (χ0n) is 10.9. The Morgan fingerprint density at radius 2 is 1.47 bits per heavy atom. The average molecular weight is 208 g/mol. The van der Waals surface area contributed by atoms with Crippen molar-refractivity contribution in [2.45, 2.75) is 54.4 Å². The fraction of sp³-hybridized carbons (Fsp3) is 0.714. The molecular weight excluding hydrogens is 184 g/mol. The lowest BCUT2D eigenvalue weighted by Gasteiger charge is -2.31. The predicted molar refractivity (Wildman–Crippen MR) is 65.9 cm³/mol. The van der Waals surface area contributed by atoms with Crippen LogP contribution in [0.25, 0.3) is 0 Å². The van der Waals surface area contributed by atoms with E-state index >= 15 is 0 Å². The smallest absolute Gasteiger partial charge is 0.0963 e. The molecule has 1 N–H and O–H groups in total. The second kappa shape index (κ2) is 3.70. The summed E-state index contributed by atoms with van der Waals surface area (Å²) in [7, 11) is 0. The maximum absolute atomic E-state index is 9.92. The molecule has 0 amide bonds. The van der Waals surface area contributed by atoms with Crippen LogP contribution in [0, 0.1) is 10.8 Å². The second-order valence-electron chi connectivity index (χ2n) is 6.53. The third-order valence-electron chi connectivity index (χ3n) is 3.03. The first-order chi connectivity index (χ1) is 6.62. The van der Waals surface area contributed by atoms with Gasteiger partial charge in [-0.2, -0.15) is 0 Å². The van der Waals surface area contributed by atoms with Crippen molar-refractivity contribution in [1.29, 1.82) is 0 Å². The van der Waals surface area contributed by atoms with E-state index in [1.54, 1.807) is 0 Å². The molecule has 0 fully saturated rings. The fourth-order valence-electron chi connectivity index (χ4n) is 1.96. The minimum Gasteiger partial charge on any atom is -0.512 e. The summed E-state index contributed by atoms with van der Waals surface area (Å²) < 4.78 is 0. The van der Waals surface area contributed by atoms with Crippen molar-refractivity contribution in [3.05, 3.63) is 23.0 Å². The van der Waals surface area contributed by atoms with Crippen molar-refractivity contribution in [3.8, 4) is 0 Å². The molecule has 0 atom stereocenters. The number of hydrogen-bond acceptors (Lipinski definition) is 1. The van der Waals surface area contributed by atoms with Gasteiger partial charge in [0.05, 0.1) is 5.76 Å². The van der Waals surface area contributed by atoms with Crippen LogP contribution in [0.3, 0.4) is 0 Å². The van der Waals surface area contributed by atoms with E-state index in [2.05, 4.69) is 47.6 Å². The van der Waals surface area contributed by atoms with Crippen LogP contribution >= 0.6 is 0 Å². The molecule has 0 aliphatic heterocycles. The van der Waals surface area contributed by atoms with Gasteiger partial charge in [0.15, 0.2) is 0 Å². The molecule has 0 bridgehead atoms. The highest BCUT2D eigenvalue weighted by Gasteiger charge is 2.27. The van der Waals surface area contributed by atoms with Gasteiger partial charge in [0.25, 0.3) is 0 Å². The van der Waals surface area contributed by atoms with Gasteiger partial charge in [-0.25, -0.2) is 0 Å². The third-order valence-corrected chi connectivity index (χ3v) is 3.03. The highest BCUT2D eigenvalue weighted by molar-refractivity contribution is 5.36. The zero-order valence-corrected chi connectivity index (χ0v) is 10.9. The lowest BCUT2D eigenvalue weighted by molar-refractivity contribution is 0.344. The number of rotatable bonds is 0. The molecule has 1 heteroatoms. The topological polar surface area (TPSA) is 20.2 Å². The van der Waals surface area contributed by atoms with Crippen molar-refractivity contribution in [1.82, 2.24) is 0 Å². The highest BCUT2D eigenvalue weighted by Crippen LogP contribution is 2.40. The Morgan fingerprint density at radius 1 is 0.933 bits per heavy atom. The van der Waals surface area contributed by atoms with Crippen molar-refractivity contribution in [2.24, 2.45) is 10.8 Å². The SMILES string of the molecule is CC(C)(C)C1=CC(C(C)(C)C)=C(O)CC1. The molecular formula is C14H24O. The summed E-state index contributed by atoms with van der Waals surface area (Å²) in [4.78, 5) is 0. The van der Waals surface area contributed by atoms with Gasteiger partial charge in [-0.05, 0) is 22.8 Å². The molecule has 0 aromatic rings. The molecule has 86 valence electrons. The van der Waals surface area contributed by atoms with Gasteiger partial charge in [-0.15, -0.1) is 0 Å². The summed E-state index contributed by atoms with van der Waals surface area (Å²) in [5.41, 5.74) is 2.82. The standard InChI is InChI=1S/C14H24O/c1-13(2,3)10-7-8-12(15)11(9-10)14(4,5)6/h9,15H,7-8H2,1-6H3. The fourth-order valence-corrected chi connectivity index (χ4v) is 1.96. The Morgan fingerprint density at radius 3 is 1.87 bits per heavy atom. The number of aliphatic hydroxyl groups excluding tert-OH is 1. The molecule has 15 heavy (non-hydrogen) atoms. The van der Waals surface area contributed by atoms with E-state index in [1.807, 2.05) is 0 Å². The van der Waals surface area contributed by atoms with Crippen LogP contribution in [0.1, 0.15) is 54.4 Å². The molecule has 0 saturated heterocycles. The minimum atomic E-state index is 0.0427. The Bertz CT molecular complexity index is 305. The van der Waals surface area contributed by atoms with E-state index in [1.165, 1.54) is 5.57 Å². The Kier molecular flexibility index (Phi) is 3.04. The van der Waals surface area contributed by atoms with Gasteiger partial charge in [0, 0.05) is 6.42 Å². The summed E-state index contributed by atoms with van der Waals surface area (Å²) in [6.45, 7) is 13.2. The van der Waals surface area contributed by atoms with Crippen LogP contribution in [0.2, 0.25) is 0 Å². The van der Waals surface area contributed by atoms with Crippen molar-refractivity contribution in [2.75, 3.05) is 0 Å². The van der Waals surface area contributed by atoms with Gasteiger partial charge in [-0.3, -0.25) is 0 Å². The minimum absolute atomic E-state index is 0.0427. The molecule has 1 rings (SSSR count). The van der Waals surface area contributed by atoms with Gasteiger partial charge in [-0.1, -0.05) is 53.2 Å². The molecule has 0 aromatic heterocycles. The summed E-state index contributed by atoms with van der Waals surface area (Å²) in [6.07, 6.45) is 4.00. The third kappa shape index (κ3) is 2.87. The van der Waals surface area contributed by atoms with Gasteiger partial charge < -0.3 is 5.11 Å². The van der Waals surface area contributed by atoms with Gasteiger partial charge in [0.2, 0.25) is 0 Å². The van der Waals surface area contributed by atoms with Crippen molar-refractivity contribution < 1.29 is 5.11 Å². The molecule has 0 aromatic carbocycles. The lowest BCUT2D eigenvalue weighted by Crippen LogP contribution is -2.18. The van der Waals surface area contributed by atoms with Crippen LogP contribution in [0.5, 0.6) is 0 Å². The molecule has 0 saturated carbocycles. The summed E-state index contributed by atoms with van der Waals surface area (Å²) in [6, 6.07) is 0. The molecule has 1 aliphatic carbocycles. The van der Waals surface area contributed by atoms with E-state index in [9.17, 15) is 5.11 Å². The van der Waals surface area contributed by atoms with E-state index in [4.69, 9.17) is 0 Å². The number of hydrogen-bond donors (Lipinski definition) is 1. The quantitative estimate of drug-likeness (QED) is 0.616. The predicted octanol–water partition coefficient (Wildman–Crippen LogP) is 4.61. The van der Waals surface area contributed by atoms with Crippen LogP contribution in [0.4, 0.5) is 0 Å². The molecule has 0 radical (unpaired) electrons. The maximum atomic E-state index is 9.92. The largest absolute Gasteiger partial charge is 0.512 e. The zero-order chi connectivity index (χ0) is 11.9. The molecule has 1 nitrogen and oxygen atoms in total. The summed E-state index contributed by atoms with van der Waals surface area (Å²) >= 11 is 0. The van der Waals surface area contributed by atoms with E-state index in [0.717, 1.165) is 18.4 Å². The van der Waals surface area contributed by atoms with Crippen molar-refractivity contribution in [3.63, 3.8) is 0 Å². The first-order valence-corrected chi connectivity index (χ1v) is 5.76. The average Bonchev–Trinajstić information content (AvgIpc) is 2.00. The van der Waals surface area contributed by atoms with Crippen molar-refractivity contribution >= 4 is 0 Å². The van der Waals surface area contributed by atoms with E-state index < -0.39 is 0 Å². The normalized spacial score (nSPS) is 19.2. The Balaban J connectivity index is 3.11. The molecule has 0 heterocycles. The summed E-state index contributed by atoms with van der Waals surface area (Å²) in [5.74, 6) is 0.579. The summed E-state index contributed by atoms with van der Waals surface area (Å²) in [5, 5.41) is 9.92. The number of aliphatic hydroxyl groups is 1. The Hall–Kier alpha value is -0.720. The van der Waals surface area contributed by atoms with E-state index in [0.29, 0.717) is 5.76 Å². The molecule has 0 spiro atoms. The van der Waals surface area contributed by atoms with E-state index in [-0.39, 0.29) is 10.8 Å². The maximum Gasteiger partial charge on any atom is 0.0963 e. The van der Waals surface area contributed by atoms with Gasteiger partial charge in [0.1, 0.15) is 0 Å². The van der Waals surface area contributed by atoms with Crippen LogP contribution in [0.15, 0.2) is 23.0 Å². The van der Waals surface area contributed by atoms with Gasteiger partial charge >= 0.3 is 0 Å². The second-order valence-corrected chi connectivity index (χ2v) is 6.53. The first-order valence-electron chi connectivity index (χ1n) is 5.76. The van der Waals surface area contributed by atoms with Crippen LogP contribution in [-0.2, 0) is 0 Å². The highest BCUT2D eigenvalue weighted by atomic mass is 16.3. The first kappa shape index (κ1) is 12.4. The monoisotopic (exact) mass is 208 g/mol. The number of allylic oxidation sites excluding steroid dienone is 4. The van der Waals surface area contributed by atoms with Crippen LogP contribution in [-0.4, -0.2) is 5.11 Å². The lowest BCUT2D eigenvalue weighted by atomic mass is 9.75.